The van der Waals surface area contributed by atoms with Gasteiger partial charge in [0.25, 0.3) is 0 Å². The Morgan fingerprint density at radius 3 is 1.81 bits per heavy atom. The number of nitrogens with zero attached hydrogens (tertiary/aromatic N) is 3. The maximum atomic E-state index is 5.62. The van der Waals surface area contributed by atoms with E-state index >= 15 is 0 Å². The van der Waals surface area contributed by atoms with Crippen molar-refractivity contribution < 1.29 is 20.1 Å². The van der Waals surface area contributed by atoms with E-state index in [1.807, 2.05) is 72.8 Å². The van der Waals surface area contributed by atoms with E-state index in [1.54, 1.807) is 12.3 Å². The van der Waals surface area contributed by atoms with Crippen LogP contribution >= 0.6 is 11.6 Å². The number of pyridine rings is 1. The van der Waals surface area contributed by atoms with Crippen LogP contribution in [0.15, 0.2) is 85.1 Å². The minimum Gasteiger partial charge on any atom is -0.305 e. The van der Waals surface area contributed by atoms with Crippen molar-refractivity contribution in [2.24, 2.45) is 0 Å². The third-order valence-electron chi connectivity index (χ3n) is 3.27. The molecule has 0 N–H and O–H groups in total. The molecule has 0 aliphatic rings. The van der Waals surface area contributed by atoms with Gasteiger partial charge in [0.2, 0.25) is 0 Å². The zero-order chi connectivity index (χ0) is 17.3. The zero-order valence-corrected chi connectivity index (χ0v) is 16.8. The molecule has 26 heavy (non-hydrogen) atoms. The van der Waals surface area contributed by atoms with Crippen LogP contribution in [0.3, 0.4) is 0 Å². The molecule has 0 bridgehead atoms. The van der Waals surface area contributed by atoms with E-state index in [0.717, 1.165) is 22.5 Å². The van der Waals surface area contributed by atoms with Crippen molar-refractivity contribution in [1.82, 2.24) is 15.2 Å². The van der Waals surface area contributed by atoms with Gasteiger partial charge in [-0.2, -0.15) is 5.10 Å². The molecule has 0 saturated heterocycles. The topological polar surface area (TPSA) is 38.7 Å². The van der Waals surface area contributed by atoms with Gasteiger partial charge in [-0.3, -0.25) is 0 Å². The fourth-order valence-electron chi connectivity index (χ4n) is 2.09. The predicted octanol–water partition coefficient (Wildman–Crippen LogP) is 5.14. The SMILES string of the molecule is Clc1ccc(-c2[c-]cccc2)nn1.[Ir].[c-]1ccccc1-c1ccccn1. The van der Waals surface area contributed by atoms with Crippen LogP contribution in [0.1, 0.15) is 0 Å². The van der Waals surface area contributed by atoms with Crippen molar-refractivity contribution >= 4 is 11.6 Å². The first-order valence-electron chi connectivity index (χ1n) is 7.67. The monoisotopic (exact) mass is 536 g/mol. The fourth-order valence-corrected chi connectivity index (χ4v) is 2.19. The van der Waals surface area contributed by atoms with E-state index in [1.165, 1.54) is 0 Å². The molecule has 131 valence electrons. The average Bonchev–Trinajstić information content (AvgIpc) is 2.71. The van der Waals surface area contributed by atoms with E-state index in [0.29, 0.717) is 5.15 Å². The molecule has 0 aliphatic heterocycles. The van der Waals surface area contributed by atoms with Crippen LogP contribution in [0.25, 0.3) is 22.5 Å². The van der Waals surface area contributed by atoms with E-state index in [-0.39, 0.29) is 20.1 Å². The van der Waals surface area contributed by atoms with Gasteiger partial charge in [0.1, 0.15) is 5.15 Å². The van der Waals surface area contributed by atoms with E-state index < -0.39 is 0 Å². The normalized spacial score (nSPS) is 9.42. The summed E-state index contributed by atoms with van der Waals surface area (Å²) in [6.07, 6.45) is 1.79. The van der Waals surface area contributed by atoms with E-state index in [2.05, 4.69) is 27.3 Å². The first-order valence-corrected chi connectivity index (χ1v) is 8.05. The third kappa shape index (κ3) is 5.85. The van der Waals surface area contributed by atoms with Gasteiger partial charge < -0.3 is 4.98 Å². The number of benzene rings is 2. The first-order chi connectivity index (χ1) is 12.3. The molecule has 2 aromatic heterocycles. The van der Waals surface area contributed by atoms with Crippen LogP contribution in [0, 0.1) is 12.1 Å². The number of rotatable bonds is 2. The maximum absolute atomic E-state index is 5.62. The van der Waals surface area contributed by atoms with Gasteiger partial charge in [0.15, 0.2) is 0 Å². The quantitative estimate of drug-likeness (QED) is 0.334. The molecule has 0 spiro atoms. The molecule has 0 atom stereocenters. The molecule has 2 heterocycles. The molecule has 0 saturated carbocycles. The molecule has 1 radical (unpaired) electrons. The van der Waals surface area contributed by atoms with Gasteiger partial charge >= 0.3 is 0 Å². The summed E-state index contributed by atoms with van der Waals surface area (Å²) >= 11 is 5.62. The average molecular weight is 536 g/mol. The Morgan fingerprint density at radius 1 is 0.654 bits per heavy atom. The summed E-state index contributed by atoms with van der Waals surface area (Å²) in [6, 6.07) is 31.0. The summed E-state index contributed by atoms with van der Waals surface area (Å²) in [4.78, 5) is 4.22. The van der Waals surface area contributed by atoms with Gasteiger partial charge in [0.05, 0.1) is 0 Å². The first kappa shape index (κ1) is 19.9. The zero-order valence-electron chi connectivity index (χ0n) is 13.6. The molecule has 0 aliphatic carbocycles. The second-order valence-corrected chi connectivity index (χ2v) is 5.40. The van der Waals surface area contributed by atoms with Crippen LogP contribution in [0.2, 0.25) is 5.15 Å². The van der Waals surface area contributed by atoms with Crippen molar-refractivity contribution in [2.75, 3.05) is 0 Å². The Kier molecular flexibility index (Phi) is 8.10. The number of hydrogen-bond donors (Lipinski definition) is 0. The van der Waals surface area contributed by atoms with Gasteiger partial charge in [-0.15, -0.1) is 76.9 Å². The van der Waals surface area contributed by atoms with E-state index in [4.69, 9.17) is 11.6 Å². The van der Waals surface area contributed by atoms with Gasteiger partial charge in [-0.1, -0.05) is 29.8 Å². The smallest absolute Gasteiger partial charge is 0.150 e. The predicted molar refractivity (Wildman–Crippen MR) is 99.8 cm³/mol. The summed E-state index contributed by atoms with van der Waals surface area (Å²) in [7, 11) is 0. The standard InChI is InChI=1S/C11H8N.C10H6ClN2.Ir/c1-2-6-10(7-3-1)11-8-4-5-9-12-11;11-10-7-6-9(12-13-10)8-4-2-1-3-5-8;/h1-6,8-9H;1-4,6-7H;/q2*-1;. The Labute approximate surface area is 171 Å². The van der Waals surface area contributed by atoms with Crippen LogP contribution in [-0.2, 0) is 20.1 Å². The summed E-state index contributed by atoms with van der Waals surface area (Å²) in [5, 5.41) is 8.09. The molecule has 2 aromatic carbocycles. The third-order valence-corrected chi connectivity index (χ3v) is 3.47. The Morgan fingerprint density at radius 2 is 1.31 bits per heavy atom. The van der Waals surface area contributed by atoms with Crippen LogP contribution in [-0.4, -0.2) is 15.2 Å². The minimum absolute atomic E-state index is 0. The Bertz CT molecular complexity index is 849. The molecule has 4 aromatic rings. The molecular weight excluding hydrogens is 522 g/mol. The Balaban J connectivity index is 0.000000180. The molecular formula is C21H14ClIrN3-2. The number of halogens is 1. The van der Waals surface area contributed by atoms with Crippen molar-refractivity contribution in [3.8, 4) is 22.5 Å². The second-order valence-electron chi connectivity index (χ2n) is 5.01. The van der Waals surface area contributed by atoms with Gasteiger partial charge in [0, 0.05) is 32.0 Å². The second kappa shape index (κ2) is 10.6. The summed E-state index contributed by atoms with van der Waals surface area (Å²) in [6.45, 7) is 0. The van der Waals surface area contributed by atoms with Gasteiger partial charge in [-0.05, 0) is 17.8 Å². The van der Waals surface area contributed by atoms with Crippen molar-refractivity contribution in [1.29, 1.82) is 0 Å². The van der Waals surface area contributed by atoms with Crippen LogP contribution in [0.5, 0.6) is 0 Å². The molecule has 0 unspecified atom stereocenters. The van der Waals surface area contributed by atoms with Crippen molar-refractivity contribution in [2.45, 2.75) is 0 Å². The number of aromatic nitrogens is 3. The molecule has 3 nitrogen and oxygen atoms in total. The van der Waals surface area contributed by atoms with Crippen molar-refractivity contribution in [3.05, 3.63) is 102 Å². The summed E-state index contributed by atoms with van der Waals surface area (Å²) in [5.41, 5.74) is 3.72. The largest absolute Gasteiger partial charge is 0.305 e. The van der Waals surface area contributed by atoms with Gasteiger partial charge in [-0.25, -0.2) is 0 Å². The summed E-state index contributed by atoms with van der Waals surface area (Å²) in [5.74, 6) is 0. The van der Waals surface area contributed by atoms with Crippen LogP contribution in [0.4, 0.5) is 0 Å². The minimum atomic E-state index is 0. The fraction of sp³-hybridized carbons (Fsp3) is 0. The molecule has 5 heteroatoms. The number of hydrogen-bond acceptors (Lipinski definition) is 3. The maximum Gasteiger partial charge on any atom is 0.150 e. The molecule has 4 rings (SSSR count). The van der Waals surface area contributed by atoms with E-state index in [9.17, 15) is 0 Å². The van der Waals surface area contributed by atoms with Crippen LogP contribution < -0.4 is 0 Å². The molecule has 0 fully saturated rings. The molecule has 0 amide bonds. The van der Waals surface area contributed by atoms with Crippen molar-refractivity contribution in [3.63, 3.8) is 0 Å². The Hall–Kier alpha value is -2.39. The summed E-state index contributed by atoms with van der Waals surface area (Å²) < 4.78 is 0.